The number of hydrogen-bond acceptors (Lipinski definition) is 6. The van der Waals surface area contributed by atoms with Crippen LogP contribution >= 0.6 is 0 Å². The lowest BCUT2D eigenvalue weighted by atomic mass is 10.0. The lowest BCUT2D eigenvalue weighted by Gasteiger charge is -2.29. The normalized spacial score (nSPS) is 14.2. The first-order chi connectivity index (χ1) is 15.6. The van der Waals surface area contributed by atoms with E-state index in [0.717, 1.165) is 35.1 Å². The molecule has 1 N–H and O–H groups in total. The Morgan fingerprint density at radius 3 is 2.81 bits per heavy atom. The predicted molar refractivity (Wildman–Crippen MR) is 123 cm³/mol. The Morgan fingerprint density at radius 1 is 1.16 bits per heavy atom. The summed E-state index contributed by atoms with van der Waals surface area (Å²) >= 11 is 0. The molecule has 2 aromatic heterocycles. The number of aryl methyl sites for hydroxylation is 2. The minimum atomic E-state index is -0.416. The van der Waals surface area contributed by atoms with E-state index in [-0.39, 0.29) is 5.56 Å². The van der Waals surface area contributed by atoms with Gasteiger partial charge in [0.15, 0.2) is 5.82 Å². The second-order valence-electron chi connectivity index (χ2n) is 8.31. The second kappa shape index (κ2) is 8.20. The van der Waals surface area contributed by atoms with Crippen LogP contribution in [0.2, 0.25) is 0 Å². The van der Waals surface area contributed by atoms with Gasteiger partial charge in [0.05, 0.1) is 13.2 Å². The van der Waals surface area contributed by atoms with Crippen molar-refractivity contribution < 1.29 is 4.74 Å². The van der Waals surface area contributed by atoms with Gasteiger partial charge in [0.1, 0.15) is 6.04 Å². The van der Waals surface area contributed by atoms with Gasteiger partial charge in [0.2, 0.25) is 0 Å². The molecule has 0 amide bonds. The van der Waals surface area contributed by atoms with E-state index < -0.39 is 6.04 Å². The Hall–Kier alpha value is -3.52. The van der Waals surface area contributed by atoms with E-state index in [1.54, 1.807) is 11.8 Å². The van der Waals surface area contributed by atoms with Crippen LogP contribution < -0.4 is 10.5 Å². The highest BCUT2D eigenvalue weighted by atomic mass is 16.5. The molecule has 0 spiro atoms. The third-order valence-electron chi connectivity index (χ3n) is 6.33. The molecule has 3 heterocycles. The highest BCUT2D eigenvalue weighted by Crippen LogP contribution is 2.37. The van der Waals surface area contributed by atoms with Crippen molar-refractivity contribution in [1.29, 1.82) is 0 Å². The van der Waals surface area contributed by atoms with Crippen molar-refractivity contribution in [3.8, 4) is 0 Å². The van der Waals surface area contributed by atoms with E-state index in [1.807, 2.05) is 24.3 Å². The van der Waals surface area contributed by atoms with Crippen LogP contribution in [0.3, 0.4) is 0 Å². The fourth-order valence-corrected chi connectivity index (χ4v) is 4.52. The number of tetrazole rings is 1. The average Bonchev–Trinajstić information content (AvgIpc) is 3.42. The van der Waals surface area contributed by atoms with Crippen molar-refractivity contribution in [2.45, 2.75) is 32.9 Å². The molecule has 1 aliphatic rings. The Balaban J connectivity index is 1.71. The van der Waals surface area contributed by atoms with Gasteiger partial charge < -0.3 is 14.6 Å². The van der Waals surface area contributed by atoms with Crippen molar-refractivity contribution in [2.24, 2.45) is 0 Å². The molecular formula is C24H26N6O2. The molecule has 8 nitrogen and oxygen atoms in total. The van der Waals surface area contributed by atoms with Gasteiger partial charge in [-0.05, 0) is 77.0 Å². The lowest BCUT2D eigenvalue weighted by molar-refractivity contribution is 0.181. The standard InChI is InChI=1S/C24H26N6O2/c1-15-12-18-14-19(24(31)25-20(18)13-16(15)2)22(23-26-27-28-30(23)10-11-32-3)29-9-8-17-6-4-5-7-21(17)29/h4-7,12-14,22H,8-11H2,1-3H3,(H,25,31)/t22-/m1/s1. The molecule has 0 unspecified atom stereocenters. The first kappa shape index (κ1) is 20.4. The second-order valence-corrected chi connectivity index (χ2v) is 8.31. The number of methoxy groups -OCH3 is 1. The third-order valence-corrected chi connectivity index (χ3v) is 6.33. The lowest BCUT2D eigenvalue weighted by Crippen LogP contribution is -2.34. The molecule has 1 aliphatic heterocycles. The Labute approximate surface area is 185 Å². The molecule has 0 fully saturated rings. The van der Waals surface area contributed by atoms with Crippen LogP contribution in [0.4, 0.5) is 5.69 Å². The molecule has 4 aromatic rings. The number of fused-ring (bicyclic) bond motifs is 2. The molecule has 5 rings (SSSR count). The quantitative estimate of drug-likeness (QED) is 0.506. The first-order valence-electron chi connectivity index (χ1n) is 10.8. The summed E-state index contributed by atoms with van der Waals surface area (Å²) in [6, 6.07) is 14.0. The molecule has 32 heavy (non-hydrogen) atoms. The van der Waals surface area contributed by atoms with E-state index in [9.17, 15) is 4.79 Å². The van der Waals surface area contributed by atoms with Crippen molar-refractivity contribution in [2.75, 3.05) is 25.2 Å². The maximum absolute atomic E-state index is 13.4. The Bertz CT molecular complexity index is 1340. The van der Waals surface area contributed by atoms with E-state index in [4.69, 9.17) is 4.74 Å². The number of aromatic amines is 1. The van der Waals surface area contributed by atoms with Crippen LogP contribution in [0.25, 0.3) is 10.9 Å². The van der Waals surface area contributed by atoms with Crippen LogP contribution in [0, 0.1) is 13.8 Å². The summed E-state index contributed by atoms with van der Waals surface area (Å²) in [5.74, 6) is 0.632. The minimum absolute atomic E-state index is 0.128. The van der Waals surface area contributed by atoms with Crippen molar-refractivity contribution in [1.82, 2.24) is 25.2 Å². The molecule has 0 saturated carbocycles. The van der Waals surface area contributed by atoms with Gasteiger partial charge in [-0.2, -0.15) is 0 Å². The predicted octanol–water partition coefficient (Wildman–Crippen LogP) is 2.93. The number of para-hydroxylation sites is 1. The zero-order valence-corrected chi connectivity index (χ0v) is 18.5. The first-order valence-corrected chi connectivity index (χ1v) is 10.8. The number of nitrogens with one attached hydrogen (secondary N) is 1. The molecule has 164 valence electrons. The molecule has 0 aliphatic carbocycles. The molecule has 0 bridgehead atoms. The number of rotatable bonds is 6. The summed E-state index contributed by atoms with van der Waals surface area (Å²) in [7, 11) is 1.65. The summed E-state index contributed by atoms with van der Waals surface area (Å²) in [6.45, 7) is 5.90. The number of H-pyrrole nitrogens is 1. The number of ether oxygens (including phenoxy) is 1. The highest BCUT2D eigenvalue weighted by molar-refractivity contribution is 5.81. The zero-order chi connectivity index (χ0) is 22.2. The summed E-state index contributed by atoms with van der Waals surface area (Å²) in [6.07, 6.45) is 0.913. The van der Waals surface area contributed by atoms with Gasteiger partial charge >= 0.3 is 0 Å². The molecule has 0 saturated heterocycles. The Kier molecular flexibility index (Phi) is 5.22. The minimum Gasteiger partial charge on any atom is -0.383 e. The van der Waals surface area contributed by atoms with E-state index in [1.165, 1.54) is 11.1 Å². The summed E-state index contributed by atoms with van der Waals surface area (Å²) in [5.41, 5.74) is 6.04. The molecule has 0 radical (unpaired) electrons. The SMILES string of the molecule is COCCn1nnnc1[C@@H](c1cc2cc(C)c(C)cc2[nH]c1=O)N1CCc2ccccc21. The van der Waals surface area contributed by atoms with Gasteiger partial charge in [0, 0.05) is 30.4 Å². The van der Waals surface area contributed by atoms with Crippen molar-refractivity contribution in [3.05, 3.63) is 80.9 Å². The van der Waals surface area contributed by atoms with Gasteiger partial charge in [-0.1, -0.05) is 18.2 Å². The monoisotopic (exact) mass is 430 g/mol. The number of nitrogens with zero attached hydrogens (tertiary/aromatic N) is 5. The maximum Gasteiger partial charge on any atom is 0.254 e. The largest absolute Gasteiger partial charge is 0.383 e. The number of pyridine rings is 1. The number of anilines is 1. The van der Waals surface area contributed by atoms with Crippen LogP contribution in [-0.2, 0) is 17.7 Å². The summed E-state index contributed by atoms with van der Waals surface area (Å²) < 4.78 is 6.98. The van der Waals surface area contributed by atoms with Gasteiger partial charge in [-0.3, -0.25) is 4.79 Å². The highest BCUT2D eigenvalue weighted by Gasteiger charge is 2.34. The topological polar surface area (TPSA) is 88.9 Å². The number of hydrogen-bond donors (Lipinski definition) is 1. The Morgan fingerprint density at radius 2 is 1.97 bits per heavy atom. The fourth-order valence-electron chi connectivity index (χ4n) is 4.52. The van der Waals surface area contributed by atoms with Crippen molar-refractivity contribution >= 4 is 16.6 Å². The van der Waals surface area contributed by atoms with E-state index in [0.29, 0.717) is 24.5 Å². The zero-order valence-electron chi connectivity index (χ0n) is 18.5. The van der Waals surface area contributed by atoms with Gasteiger partial charge in [-0.15, -0.1) is 5.10 Å². The van der Waals surface area contributed by atoms with Crippen LogP contribution in [0.1, 0.15) is 34.1 Å². The maximum atomic E-state index is 13.4. The molecule has 2 aromatic carbocycles. The number of benzene rings is 2. The molecule has 1 atom stereocenters. The van der Waals surface area contributed by atoms with E-state index >= 15 is 0 Å². The van der Waals surface area contributed by atoms with Crippen LogP contribution in [-0.4, -0.2) is 45.5 Å². The van der Waals surface area contributed by atoms with Crippen molar-refractivity contribution in [3.63, 3.8) is 0 Å². The smallest absolute Gasteiger partial charge is 0.254 e. The van der Waals surface area contributed by atoms with E-state index in [2.05, 4.69) is 57.5 Å². The van der Waals surface area contributed by atoms with Crippen LogP contribution in [0.5, 0.6) is 0 Å². The fraction of sp³-hybridized carbons (Fsp3) is 0.333. The van der Waals surface area contributed by atoms with Crippen LogP contribution in [0.15, 0.2) is 47.3 Å². The van der Waals surface area contributed by atoms with Gasteiger partial charge in [-0.25, -0.2) is 4.68 Å². The van der Waals surface area contributed by atoms with Gasteiger partial charge in [0.25, 0.3) is 5.56 Å². The average molecular weight is 431 g/mol. The molecular weight excluding hydrogens is 404 g/mol. The summed E-state index contributed by atoms with van der Waals surface area (Å²) in [4.78, 5) is 18.7. The molecule has 8 heteroatoms. The third kappa shape index (κ3) is 3.46. The summed E-state index contributed by atoms with van der Waals surface area (Å²) in [5, 5.41) is 13.5. The number of aromatic nitrogens is 5.